The van der Waals surface area contributed by atoms with Crippen LogP contribution in [-0.2, 0) is 4.79 Å². The summed E-state index contributed by atoms with van der Waals surface area (Å²) in [7, 11) is 1.61. The minimum atomic E-state index is -0.508. The third-order valence-corrected chi connectivity index (χ3v) is 8.18. The highest BCUT2D eigenvalue weighted by atomic mass is 79.9. The number of carbonyl (C=O) groups excluding carboxylic acids is 2. The number of hydrogen-bond donors (Lipinski definition) is 0. The van der Waals surface area contributed by atoms with Gasteiger partial charge in [0.1, 0.15) is 0 Å². The Hall–Kier alpha value is -3.55. The van der Waals surface area contributed by atoms with Crippen molar-refractivity contribution in [3.05, 3.63) is 100 Å². The molecule has 0 saturated carbocycles. The Morgan fingerprint density at radius 1 is 1.02 bits per heavy atom. The third kappa shape index (κ3) is 6.11. The van der Waals surface area contributed by atoms with E-state index in [-0.39, 0.29) is 11.7 Å². The van der Waals surface area contributed by atoms with Gasteiger partial charge in [0.05, 0.1) is 25.2 Å². The fourth-order valence-corrected chi connectivity index (χ4v) is 5.77. The van der Waals surface area contributed by atoms with Crippen LogP contribution in [0.2, 0.25) is 0 Å². The highest BCUT2D eigenvalue weighted by Crippen LogP contribution is 2.39. The monoisotopic (exact) mass is 599 g/mol. The number of ether oxygens (including phenoxy) is 1. The number of hydrogen-bond acceptors (Lipinski definition) is 5. The molecule has 1 fully saturated rings. The second kappa shape index (κ2) is 12.3. The summed E-state index contributed by atoms with van der Waals surface area (Å²) in [6.45, 7) is 5.92. The van der Waals surface area contributed by atoms with E-state index in [9.17, 15) is 9.59 Å². The van der Waals surface area contributed by atoms with Gasteiger partial charge in [0.25, 0.3) is 0 Å². The lowest BCUT2D eigenvalue weighted by Crippen LogP contribution is -2.45. The van der Waals surface area contributed by atoms with Crippen LogP contribution in [0.15, 0.2) is 83.3 Å². The molecular formula is C33H34BrN3O3. The molecule has 5 rings (SSSR count). The largest absolute Gasteiger partial charge is 0.481 e. The number of rotatable bonds is 8. The van der Waals surface area contributed by atoms with Crippen LogP contribution in [0.4, 0.5) is 5.69 Å². The standard InChI is InChI=1S/C33H34BrN3O3/c1-22-15-17-36(18-16-22)21-31(39)37(28-12-9-24(10-13-28)23(2)38)32(25-7-5-4-6-8-25)29-20-26-19-27(34)11-14-30(26)35-33(29)40-3/h4-14,19-20,22,32H,15-18,21H2,1-3H3. The van der Waals surface area contributed by atoms with Crippen molar-refractivity contribution >= 4 is 44.2 Å². The maximum Gasteiger partial charge on any atom is 0.242 e. The van der Waals surface area contributed by atoms with E-state index in [0.29, 0.717) is 29.6 Å². The number of fused-ring (bicyclic) bond motifs is 1. The molecule has 1 atom stereocenters. The smallest absolute Gasteiger partial charge is 0.242 e. The van der Waals surface area contributed by atoms with E-state index in [1.807, 2.05) is 65.6 Å². The van der Waals surface area contributed by atoms with Crippen LogP contribution in [0.1, 0.15) is 54.2 Å². The molecule has 0 aliphatic carbocycles. The van der Waals surface area contributed by atoms with Gasteiger partial charge in [-0.25, -0.2) is 4.98 Å². The predicted octanol–water partition coefficient (Wildman–Crippen LogP) is 7.06. The molecule has 1 unspecified atom stereocenters. The lowest BCUT2D eigenvalue weighted by Gasteiger charge is -2.36. The van der Waals surface area contributed by atoms with E-state index >= 15 is 0 Å². The fraction of sp³-hybridized carbons (Fsp3) is 0.303. The van der Waals surface area contributed by atoms with Gasteiger partial charge in [0.15, 0.2) is 5.78 Å². The highest BCUT2D eigenvalue weighted by molar-refractivity contribution is 9.10. The Morgan fingerprint density at radius 3 is 2.38 bits per heavy atom. The summed E-state index contributed by atoms with van der Waals surface area (Å²) in [6, 6.07) is 24.8. The van der Waals surface area contributed by atoms with Gasteiger partial charge < -0.3 is 4.74 Å². The van der Waals surface area contributed by atoms with Gasteiger partial charge in [-0.3, -0.25) is 19.4 Å². The topological polar surface area (TPSA) is 62.7 Å². The van der Waals surface area contributed by atoms with Crippen LogP contribution < -0.4 is 9.64 Å². The zero-order valence-corrected chi connectivity index (χ0v) is 24.7. The normalized spacial score (nSPS) is 15.1. The van der Waals surface area contributed by atoms with Crippen molar-refractivity contribution in [1.29, 1.82) is 0 Å². The summed E-state index contributed by atoms with van der Waals surface area (Å²) in [4.78, 5) is 35.3. The van der Waals surface area contributed by atoms with E-state index in [1.54, 1.807) is 26.2 Å². The lowest BCUT2D eigenvalue weighted by atomic mass is 9.95. The van der Waals surface area contributed by atoms with Gasteiger partial charge in [-0.1, -0.05) is 53.2 Å². The maximum absolute atomic E-state index is 14.4. The van der Waals surface area contributed by atoms with Crippen LogP contribution in [0, 0.1) is 5.92 Å². The summed E-state index contributed by atoms with van der Waals surface area (Å²) in [5, 5.41) is 0.940. The van der Waals surface area contributed by atoms with E-state index in [4.69, 9.17) is 9.72 Å². The van der Waals surface area contributed by atoms with Gasteiger partial charge in [-0.2, -0.15) is 0 Å². The molecule has 2 heterocycles. The molecule has 6 nitrogen and oxygen atoms in total. The molecule has 0 spiro atoms. The van der Waals surface area contributed by atoms with E-state index in [0.717, 1.165) is 52.4 Å². The third-order valence-electron chi connectivity index (χ3n) is 7.69. The first-order valence-electron chi connectivity index (χ1n) is 13.7. The van der Waals surface area contributed by atoms with E-state index in [2.05, 4.69) is 33.8 Å². The number of nitrogens with zero attached hydrogens (tertiary/aromatic N) is 3. The molecule has 1 aromatic heterocycles. The van der Waals surface area contributed by atoms with Gasteiger partial charge in [0, 0.05) is 26.7 Å². The number of piperidine rings is 1. The summed E-state index contributed by atoms with van der Waals surface area (Å²) in [5.74, 6) is 1.10. The molecule has 0 N–H and O–H groups in total. The first-order valence-corrected chi connectivity index (χ1v) is 14.5. The van der Waals surface area contributed by atoms with Crippen molar-refractivity contribution in [2.45, 2.75) is 32.7 Å². The van der Waals surface area contributed by atoms with Crippen molar-refractivity contribution in [3.8, 4) is 5.88 Å². The zero-order chi connectivity index (χ0) is 28.2. The Bertz CT molecular complexity index is 1500. The molecule has 0 radical (unpaired) electrons. The van der Waals surface area contributed by atoms with Gasteiger partial charge >= 0.3 is 0 Å². The summed E-state index contributed by atoms with van der Waals surface area (Å²) < 4.78 is 6.79. The number of halogens is 1. The summed E-state index contributed by atoms with van der Waals surface area (Å²) >= 11 is 3.58. The first kappa shape index (κ1) is 28.0. The SMILES string of the molecule is COc1nc2ccc(Br)cc2cc1C(c1ccccc1)N(C(=O)CN1CCC(C)CC1)c1ccc(C(C)=O)cc1. The van der Waals surface area contributed by atoms with Crippen molar-refractivity contribution < 1.29 is 14.3 Å². The van der Waals surface area contributed by atoms with Crippen LogP contribution >= 0.6 is 15.9 Å². The highest BCUT2D eigenvalue weighted by Gasteiger charge is 2.33. The molecule has 1 saturated heterocycles. The predicted molar refractivity (Wildman–Crippen MR) is 163 cm³/mol. The first-order chi connectivity index (χ1) is 19.3. The average molecular weight is 601 g/mol. The zero-order valence-electron chi connectivity index (χ0n) is 23.1. The van der Waals surface area contributed by atoms with Crippen molar-refractivity contribution in [2.24, 2.45) is 5.92 Å². The number of methoxy groups -OCH3 is 1. The Kier molecular flexibility index (Phi) is 8.62. The Morgan fingerprint density at radius 2 is 1.73 bits per heavy atom. The number of Topliss-reactive ketones (excluding diaryl/α,β-unsaturated/α-hetero) is 1. The Labute approximate surface area is 244 Å². The molecule has 4 aromatic rings. The maximum atomic E-state index is 14.4. The van der Waals surface area contributed by atoms with Gasteiger partial charge in [-0.15, -0.1) is 0 Å². The van der Waals surface area contributed by atoms with Crippen LogP contribution in [0.3, 0.4) is 0 Å². The van der Waals surface area contributed by atoms with Crippen LogP contribution in [-0.4, -0.2) is 48.3 Å². The van der Waals surface area contributed by atoms with E-state index in [1.165, 1.54) is 0 Å². The molecule has 1 amide bonds. The minimum Gasteiger partial charge on any atom is -0.481 e. The second-order valence-electron chi connectivity index (χ2n) is 10.6. The second-order valence-corrected chi connectivity index (χ2v) is 11.5. The average Bonchev–Trinajstić information content (AvgIpc) is 2.96. The van der Waals surface area contributed by atoms with Crippen LogP contribution in [0.5, 0.6) is 5.88 Å². The number of pyridine rings is 1. The van der Waals surface area contributed by atoms with Crippen molar-refractivity contribution in [3.63, 3.8) is 0 Å². The van der Waals surface area contributed by atoms with Crippen LogP contribution in [0.25, 0.3) is 10.9 Å². The lowest BCUT2D eigenvalue weighted by molar-refractivity contribution is -0.120. The molecule has 7 heteroatoms. The molecule has 206 valence electrons. The molecule has 1 aliphatic rings. The minimum absolute atomic E-state index is 0.0163. The number of aromatic nitrogens is 1. The number of anilines is 1. The summed E-state index contributed by atoms with van der Waals surface area (Å²) in [6.07, 6.45) is 2.17. The van der Waals surface area contributed by atoms with Crippen molar-refractivity contribution in [2.75, 3.05) is 31.6 Å². The number of amides is 1. The quantitative estimate of drug-likeness (QED) is 0.203. The number of benzene rings is 3. The van der Waals surface area contributed by atoms with Gasteiger partial charge in [0.2, 0.25) is 11.8 Å². The molecule has 0 bridgehead atoms. The van der Waals surface area contributed by atoms with Crippen molar-refractivity contribution in [1.82, 2.24) is 9.88 Å². The molecule has 40 heavy (non-hydrogen) atoms. The molecular weight excluding hydrogens is 566 g/mol. The molecule has 3 aromatic carbocycles. The Balaban J connectivity index is 1.68. The number of likely N-dealkylation sites (tertiary alicyclic amines) is 1. The number of carbonyl (C=O) groups is 2. The number of ketones is 1. The van der Waals surface area contributed by atoms with E-state index < -0.39 is 6.04 Å². The fourth-order valence-electron chi connectivity index (χ4n) is 5.39. The summed E-state index contributed by atoms with van der Waals surface area (Å²) in [5.41, 5.74) is 3.85. The molecule has 1 aliphatic heterocycles. The van der Waals surface area contributed by atoms with Gasteiger partial charge in [-0.05, 0) is 92.9 Å².